The molecule has 0 saturated carbocycles. The predicted octanol–water partition coefficient (Wildman–Crippen LogP) is 3.88. The molecular formula is C19H15N3O3S. The summed E-state index contributed by atoms with van der Waals surface area (Å²) >= 11 is 1.44. The molecule has 0 radical (unpaired) electrons. The summed E-state index contributed by atoms with van der Waals surface area (Å²) in [6.45, 7) is -0.117. The zero-order valence-corrected chi connectivity index (χ0v) is 14.5. The third-order valence-corrected chi connectivity index (χ3v) is 4.10. The fourth-order valence-corrected chi connectivity index (χ4v) is 2.75. The number of nitriles is 1. The summed E-state index contributed by atoms with van der Waals surface area (Å²) in [4.78, 5) is 16.1. The van der Waals surface area contributed by atoms with Crippen LogP contribution in [0.2, 0.25) is 0 Å². The lowest BCUT2D eigenvalue weighted by Gasteiger charge is -2.06. The molecule has 2 aromatic carbocycles. The van der Waals surface area contributed by atoms with Crippen LogP contribution in [0.5, 0.6) is 5.75 Å². The van der Waals surface area contributed by atoms with Gasteiger partial charge >= 0.3 is 5.97 Å². The highest BCUT2D eigenvalue weighted by molar-refractivity contribution is 7.13. The Morgan fingerprint density at radius 1 is 1.15 bits per heavy atom. The Balaban J connectivity index is 1.43. The van der Waals surface area contributed by atoms with Crippen LogP contribution in [0.1, 0.15) is 11.3 Å². The van der Waals surface area contributed by atoms with Crippen LogP contribution in [-0.2, 0) is 16.1 Å². The van der Waals surface area contributed by atoms with E-state index in [4.69, 9.17) is 14.7 Å². The van der Waals surface area contributed by atoms with Crippen molar-refractivity contribution in [3.8, 4) is 11.8 Å². The average Bonchev–Trinajstić information content (AvgIpc) is 3.13. The molecule has 0 spiro atoms. The van der Waals surface area contributed by atoms with Crippen molar-refractivity contribution in [2.24, 2.45) is 0 Å². The highest BCUT2D eigenvalue weighted by atomic mass is 32.1. The van der Waals surface area contributed by atoms with Gasteiger partial charge in [-0.3, -0.25) is 0 Å². The van der Waals surface area contributed by atoms with Crippen LogP contribution in [0.3, 0.4) is 0 Å². The molecule has 0 amide bonds. The van der Waals surface area contributed by atoms with Gasteiger partial charge in [0.1, 0.15) is 12.4 Å². The fourth-order valence-electron chi connectivity index (χ4n) is 2.04. The summed E-state index contributed by atoms with van der Waals surface area (Å²) in [5.74, 6) is 0.0175. The number of benzene rings is 2. The Morgan fingerprint density at radius 2 is 1.92 bits per heavy atom. The third-order valence-electron chi connectivity index (χ3n) is 3.30. The van der Waals surface area contributed by atoms with Gasteiger partial charge in [-0.25, -0.2) is 9.78 Å². The van der Waals surface area contributed by atoms with Gasteiger partial charge in [0.05, 0.1) is 17.3 Å². The Bertz CT molecular complexity index is 902. The van der Waals surface area contributed by atoms with Crippen molar-refractivity contribution in [1.82, 2.24) is 4.98 Å². The standard InChI is InChI=1S/C19H15N3O3S/c20-10-14-6-8-17(9-7-14)24-12-18(23)25-11-16-13-26-19(22-16)21-15-4-2-1-3-5-15/h1-9,13H,11-12H2,(H,21,22). The molecule has 0 bridgehead atoms. The van der Waals surface area contributed by atoms with Gasteiger partial charge in [-0.2, -0.15) is 5.26 Å². The van der Waals surface area contributed by atoms with E-state index in [1.165, 1.54) is 11.3 Å². The summed E-state index contributed by atoms with van der Waals surface area (Å²) in [5.41, 5.74) is 2.14. The van der Waals surface area contributed by atoms with Crippen LogP contribution in [0.4, 0.5) is 10.8 Å². The lowest BCUT2D eigenvalue weighted by atomic mass is 10.2. The normalized spacial score (nSPS) is 9.96. The van der Waals surface area contributed by atoms with Crippen molar-refractivity contribution < 1.29 is 14.3 Å². The number of esters is 1. The second kappa shape index (κ2) is 8.65. The van der Waals surface area contributed by atoms with Gasteiger partial charge in [0.15, 0.2) is 11.7 Å². The molecule has 0 aliphatic rings. The molecule has 1 heterocycles. The topological polar surface area (TPSA) is 84.2 Å². The number of nitrogens with one attached hydrogen (secondary N) is 1. The molecule has 6 nitrogen and oxygen atoms in total. The number of hydrogen-bond donors (Lipinski definition) is 1. The highest BCUT2D eigenvalue weighted by Gasteiger charge is 2.08. The Kier molecular flexibility index (Phi) is 5.80. The van der Waals surface area contributed by atoms with E-state index in [1.54, 1.807) is 24.3 Å². The lowest BCUT2D eigenvalue weighted by molar-refractivity contribution is -0.147. The minimum absolute atomic E-state index is 0.0858. The molecule has 0 atom stereocenters. The van der Waals surface area contributed by atoms with E-state index in [2.05, 4.69) is 10.3 Å². The Hall–Kier alpha value is -3.37. The van der Waals surface area contributed by atoms with Gasteiger partial charge in [-0.05, 0) is 36.4 Å². The first kappa shape index (κ1) is 17.5. The Morgan fingerprint density at radius 3 is 2.65 bits per heavy atom. The van der Waals surface area contributed by atoms with Crippen molar-refractivity contribution in [2.45, 2.75) is 6.61 Å². The zero-order chi connectivity index (χ0) is 18.2. The second-order valence-corrected chi connectivity index (χ2v) is 6.08. The maximum atomic E-state index is 11.8. The van der Waals surface area contributed by atoms with Gasteiger partial charge in [-0.15, -0.1) is 11.3 Å². The maximum Gasteiger partial charge on any atom is 0.344 e. The predicted molar refractivity (Wildman–Crippen MR) is 98.3 cm³/mol. The molecule has 1 N–H and O–H groups in total. The number of aromatic nitrogens is 1. The highest BCUT2D eigenvalue weighted by Crippen LogP contribution is 2.21. The molecule has 0 saturated heterocycles. The average molecular weight is 365 g/mol. The molecule has 3 rings (SSSR count). The van der Waals surface area contributed by atoms with Gasteiger partial charge in [0.25, 0.3) is 0 Å². The van der Waals surface area contributed by atoms with Crippen LogP contribution < -0.4 is 10.1 Å². The number of thiazole rings is 1. The van der Waals surface area contributed by atoms with Crippen LogP contribution in [0.25, 0.3) is 0 Å². The number of para-hydroxylation sites is 1. The molecule has 26 heavy (non-hydrogen) atoms. The van der Waals surface area contributed by atoms with Crippen LogP contribution in [0.15, 0.2) is 60.0 Å². The van der Waals surface area contributed by atoms with Crippen LogP contribution >= 0.6 is 11.3 Å². The lowest BCUT2D eigenvalue weighted by Crippen LogP contribution is -2.14. The van der Waals surface area contributed by atoms with E-state index in [0.29, 0.717) is 17.0 Å². The number of anilines is 2. The number of ether oxygens (including phenoxy) is 2. The first-order valence-electron chi connectivity index (χ1n) is 7.78. The minimum atomic E-state index is -0.486. The summed E-state index contributed by atoms with van der Waals surface area (Å²) < 4.78 is 10.5. The van der Waals surface area contributed by atoms with Crippen molar-refractivity contribution in [3.05, 3.63) is 71.2 Å². The molecular weight excluding hydrogens is 350 g/mol. The van der Waals surface area contributed by atoms with Crippen LogP contribution in [0, 0.1) is 11.3 Å². The monoisotopic (exact) mass is 365 g/mol. The minimum Gasteiger partial charge on any atom is -0.482 e. The van der Waals surface area contributed by atoms with E-state index in [1.807, 2.05) is 41.8 Å². The van der Waals surface area contributed by atoms with E-state index in [9.17, 15) is 4.79 Å². The first-order chi connectivity index (χ1) is 12.7. The largest absolute Gasteiger partial charge is 0.482 e. The van der Waals surface area contributed by atoms with Gasteiger partial charge in [0, 0.05) is 11.1 Å². The third kappa shape index (κ3) is 5.06. The summed E-state index contributed by atoms with van der Waals surface area (Å²) in [6.07, 6.45) is 0. The second-order valence-electron chi connectivity index (χ2n) is 5.22. The summed E-state index contributed by atoms with van der Waals surface area (Å²) in [6, 6.07) is 18.2. The molecule has 130 valence electrons. The van der Waals surface area contributed by atoms with Gasteiger partial charge in [-0.1, -0.05) is 18.2 Å². The molecule has 0 aliphatic carbocycles. The molecule has 1 aromatic heterocycles. The fraction of sp³-hybridized carbons (Fsp3) is 0.105. The molecule has 3 aromatic rings. The number of nitrogens with zero attached hydrogens (tertiary/aromatic N) is 2. The van der Waals surface area contributed by atoms with Gasteiger partial charge < -0.3 is 14.8 Å². The molecule has 0 fully saturated rings. The summed E-state index contributed by atoms with van der Waals surface area (Å²) in [5, 5.41) is 14.5. The van der Waals surface area contributed by atoms with Crippen molar-refractivity contribution in [1.29, 1.82) is 5.26 Å². The number of carbonyl (C=O) groups excluding carboxylic acids is 1. The van der Waals surface area contributed by atoms with E-state index in [0.717, 1.165) is 10.8 Å². The first-order valence-corrected chi connectivity index (χ1v) is 8.66. The van der Waals surface area contributed by atoms with Crippen LogP contribution in [-0.4, -0.2) is 17.6 Å². The quantitative estimate of drug-likeness (QED) is 0.640. The zero-order valence-electron chi connectivity index (χ0n) is 13.7. The van der Waals surface area contributed by atoms with Crippen molar-refractivity contribution in [2.75, 3.05) is 11.9 Å². The Labute approximate surface area is 154 Å². The maximum absolute atomic E-state index is 11.8. The molecule has 0 unspecified atom stereocenters. The summed E-state index contributed by atoms with van der Waals surface area (Å²) in [7, 11) is 0. The molecule has 7 heteroatoms. The van der Waals surface area contributed by atoms with Crippen molar-refractivity contribution in [3.63, 3.8) is 0 Å². The van der Waals surface area contributed by atoms with Gasteiger partial charge in [0.2, 0.25) is 0 Å². The van der Waals surface area contributed by atoms with E-state index in [-0.39, 0.29) is 13.2 Å². The molecule has 0 aliphatic heterocycles. The van der Waals surface area contributed by atoms with Crippen molar-refractivity contribution >= 4 is 28.1 Å². The van der Waals surface area contributed by atoms with E-state index < -0.39 is 5.97 Å². The SMILES string of the molecule is N#Cc1ccc(OCC(=O)OCc2csc(Nc3ccccc3)n2)cc1. The number of rotatable bonds is 7. The smallest absolute Gasteiger partial charge is 0.344 e. The number of carbonyl (C=O) groups is 1. The van der Waals surface area contributed by atoms with E-state index >= 15 is 0 Å². The number of hydrogen-bond acceptors (Lipinski definition) is 7.